The third kappa shape index (κ3) is 3.19. The van der Waals surface area contributed by atoms with Gasteiger partial charge in [0, 0.05) is 10.9 Å². The smallest absolute Gasteiger partial charge is 0.129 e. The van der Waals surface area contributed by atoms with Crippen LogP contribution in [0.25, 0.3) is 0 Å². The van der Waals surface area contributed by atoms with Crippen LogP contribution in [-0.2, 0) is 6.42 Å². The molecule has 0 amide bonds. The lowest BCUT2D eigenvalue weighted by molar-refractivity contribution is 0.480. The Morgan fingerprint density at radius 3 is 2.35 bits per heavy atom. The molecule has 1 aromatic rings. The van der Waals surface area contributed by atoms with Crippen molar-refractivity contribution in [3.63, 3.8) is 0 Å². The maximum Gasteiger partial charge on any atom is 0.129 e. The monoisotopic (exact) mass is 258 g/mol. The molecule has 0 radical (unpaired) electrons. The van der Waals surface area contributed by atoms with Crippen molar-refractivity contribution >= 4 is 11.6 Å². The van der Waals surface area contributed by atoms with Gasteiger partial charge in [-0.3, -0.25) is 0 Å². The lowest BCUT2D eigenvalue weighted by atomic mass is 9.97. The predicted molar refractivity (Wildman–Crippen MR) is 66.3 cm³/mol. The fraction of sp³-hybridized carbons (Fsp3) is 0.571. The fourth-order valence-electron chi connectivity index (χ4n) is 2.61. The Labute approximate surface area is 106 Å². The van der Waals surface area contributed by atoms with Gasteiger partial charge in [0.15, 0.2) is 0 Å². The zero-order valence-electron chi connectivity index (χ0n) is 9.76. The summed E-state index contributed by atoms with van der Waals surface area (Å²) in [5.74, 6) is -0.382. The van der Waals surface area contributed by atoms with Gasteiger partial charge in [-0.15, -0.1) is 11.6 Å². The predicted octanol–water partition coefficient (Wildman–Crippen LogP) is 4.70. The largest absolute Gasteiger partial charge is 0.207 e. The second-order valence-corrected chi connectivity index (χ2v) is 5.36. The number of hydrogen-bond acceptors (Lipinski definition) is 0. The first-order valence-corrected chi connectivity index (χ1v) is 6.69. The van der Waals surface area contributed by atoms with E-state index in [1.807, 2.05) is 0 Å². The minimum absolute atomic E-state index is 0.0523. The van der Waals surface area contributed by atoms with E-state index in [1.54, 1.807) is 0 Å². The van der Waals surface area contributed by atoms with Gasteiger partial charge in [-0.25, -0.2) is 8.78 Å². The molecule has 1 aliphatic carbocycles. The molecule has 1 saturated carbocycles. The highest BCUT2D eigenvalue weighted by Gasteiger charge is 2.23. The van der Waals surface area contributed by atoms with E-state index in [9.17, 15) is 8.78 Å². The molecule has 1 fully saturated rings. The maximum atomic E-state index is 13.4. The van der Waals surface area contributed by atoms with Gasteiger partial charge in [-0.1, -0.05) is 18.9 Å². The average molecular weight is 259 g/mol. The van der Waals surface area contributed by atoms with Gasteiger partial charge in [0.2, 0.25) is 0 Å². The number of halogens is 3. The summed E-state index contributed by atoms with van der Waals surface area (Å²) in [6.07, 6.45) is 5.85. The van der Waals surface area contributed by atoms with Crippen LogP contribution in [-0.4, -0.2) is 5.38 Å². The van der Waals surface area contributed by atoms with Gasteiger partial charge < -0.3 is 0 Å². The van der Waals surface area contributed by atoms with E-state index >= 15 is 0 Å². The van der Waals surface area contributed by atoms with Crippen molar-refractivity contribution in [3.05, 3.63) is 35.4 Å². The van der Waals surface area contributed by atoms with Crippen molar-refractivity contribution < 1.29 is 8.78 Å². The molecule has 94 valence electrons. The Balaban J connectivity index is 1.92. The first-order chi connectivity index (χ1) is 8.18. The maximum absolute atomic E-state index is 13.4. The molecule has 2 rings (SSSR count). The Morgan fingerprint density at radius 1 is 1.18 bits per heavy atom. The van der Waals surface area contributed by atoms with E-state index in [2.05, 4.69) is 0 Å². The molecule has 0 aromatic heterocycles. The Kier molecular flexibility index (Phi) is 4.38. The molecule has 17 heavy (non-hydrogen) atoms. The van der Waals surface area contributed by atoms with E-state index in [-0.39, 0.29) is 10.9 Å². The van der Waals surface area contributed by atoms with Crippen LogP contribution in [0.4, 0.5) is 8.78 Å². The number of alkyl halides is 1. The summed E-state index contributed by atoms with van der Waals surface area (Å²) in [5, 5.41) is 0.0523. The summed E-state index contributed by atoms with van der Waals surface area (Å²) in [6.45, 7) is 0. The van der Waals surface area contributed by atoms with Crippen LogP contribution < -0.4 is 0 Å². The molecule has 1 atom stereocenters. The Hall–Kier alpha value is -0.630. The molecule has 1 aliphatic rings. The Morgan fingerprint density at radius 2 is 1.76 bits per heavy atom. The minimum atomic E-state index is -0.458. The van der Waals surface area contributed by atoms with Crippen LogP contribution in [0.2, 0.25) is 0 Å². The summed E-state index contributed by atoms with van der Waals surface area (Å²) in [4.78, 5) is 0. The number of benzene rings is 1. The average Bonchev–Trinajstić information content (AvgIpc) is 2.81. The third-order valence-electron chi connectivity index (χ3n) is 3.64. The van der Waals surface area contributed by atoms with Crippen molar-refractivity contribution in [2.45, 2.75) is 43.9 Å². The summed E-state index contributed by atoms with van der Waals surface area (Å²) in [6, 6.07) is 4.00. The van der Waals surface area contributed by atoms with Crippen molar-refractivity contribution in [1.29, 1.82) is 0 Å². The van der Waals surface area contributed by atoms with Gasteiger partial charge in [0.1, 0.15) is 11.6 Å². The molecule has 1 aromatic carbocycles. The summed E-state index contributed by atoms with van der Waals surface area (Å²) in [5.41, 5.74) is 0.177. The molecule has 0 spiro atoms. The van der Waals surface area contributed by atoms with Gasteiger partial charge in [-0.2, -0.15) is 0 Å². The zero-order chi connectivity index (χ0) is 12.3. The summed E-state index contributed by atoms with van der Waals surface area (Å²) < 4.78 is 26.8. The standard InChI is InChI=1S/C14H17ClF2/c15-12(10-4-1-2-5-10)9-8-11-13(16)6-3-7-14(11)17/h3,6-7,10,12H,1-2,4-5,8-9H2. The van der Waals surface area contributed by atoms with Crippen molar-refractivity contribution in [2.24, 2.45) is 5.92 Å². The third-order valence-corrected chi connectivity index (χ3v) is 4.22. The quantitative estimate of drug-likeness (QED) is 0.687. The highest BCUT2D eigenvalue weighted by atomic mass is 35.5. The van der Waals surface area contributed by atoms with E-state index < -0.39 is 11.6 Å². The highest BCUT2D eigenvalue weighted by molar-refractivity contribution is 6.20. The lowest BCUT2D eigenvalue weighted by Gasteiger charge is -2.16. The molecule has 0 heterocycles. The second-order valence-electron chi connectivity index (χ2n) is 4.80. The van der Waals surface area contributed by atoms with Gasteiger partial charge in [-0.05, 0) is 43.7 Å². The highest BCUT2D eigenvalue weighted by Crippen LogP contribution is 2.32. The number of rotatable bonds is 4. The van der Waals surface area contributed by atoms with E-state index in [0.29, 0.717) is 18.8 Å². The van der Waals surface area contributed by atoms with Crippen LogP contribution in [0.15, 0.2) is 18.2 Å². The van der Waals surface area contributed by atoms with E-state index in [4.69, 9.17) is 11.6 Å². The van der Waals surface area contributed by atoms with E-state index in [0.717, 1.165) is 12.8 Å². The molecular formula is C14H17ClF2. The molecule has 3 heteroatoms. The first-order valence-electron chi connectivity index (χ1n) is 6.25. The summed E-state index contributed by atoms with van der Waals surface area (Å²) in [7, 11) is 0. The van der Waals surface area contributed by atoms with Crippen molar-refractivity contribution in [3.8, 4) is 0 Å². The fourth-order valence-corrected chi connectivity index (χ4v) is 2.97. The number of hydrogen-bond donors (Lipinski definition) is 0. The van der Waals surface area contributed by atoms with Crippen molar-refractivity contribution in [2.75, 3.05) is 0 Å². The van der Waals surface area contributed by atoms with Gasteiger partial charge >= 0.3 is 0 Å². The Bertz CT molecular complexity index is 352. The summed E-state index contributed by atoms with van der Waals surface area (Å²) >= 11 is 6.30. The van der Waals surface area contributed by atoms with Crippen LogP contribution in [0, 0.1) is 17.6 Å². The molecule has 0 nitrogen and oxygen atoms in total. The second kappa shape index (κ2) is 5.81. The first kappa shape index (κ1) is 12.8. The van der Waals surface area contributed by atoms with E-state index in [1.165, 1.54) is 31.0 Å². The SMILES string of the molecule is Fc1cccc(F)c1CCC(Cl)C1CCCC1. The van der Waals surface area contributed by atoms with Crippen LogP contribution in [0.1, 0.15) is 37.7 Å². The van der Waals surface area contributed by atoms with Crippen molar-refractivity contribution in [1.82, 2.24) is 0 Å². The molecule has 0 aliphatic heterocycles. The van der Waals surface area contributed by atoms with Gasteiger partial charge in [0.05, 0.1) is 0 Å². The molecule has 0 saturated heterocycles. The molecule has 0 bridgehead atoms. The molecular weight excluding hydrogens is 242 g/mol. The van der Waals surface area contributed by atoms with Crippen LogP contribution in [0.5, 0.6) is 0 Å². The van der Waals surface area contributed by atoms with Crippen LogP contribution >= 0.6 is 11.6 Å². The van der Waals surface area contributed by atoms with Crippen LogP contribution in [0.3, 0.4) is 0 Å². The lowest BCUT2D eigenvalue weighted by Crippen LogP contribution is -2.13. The molecule has 0 N–H and O–H groups in total. The topological polar surface area (TPSA) is 0 Å². The normalized spacial score (nSPS) is 18.5. The van der Waals surface area contributed by atoms with Gasteiger partial charge in [0.25, 0.3) is 0 Å². The zero-order valence-corrected chi connectivity index (χ0v) is 10.5. The molecule has 1 unspecified atom stereocenters. The minimum Gasteiger partial charge on any atom is -0.207 e.